The number of allylic oxidation sites excluding steroid dienone is 2. The van der Waals surface area contributed by atoms with Crippen LogP contribution in [0.4, 0.5) is 0 Å². The number of halogens is 1. The lowest BCUT2D eigenvalue weighted by Crippen LogP contribution is -2.47. The van der Waals surface area contributed by atoms with Crippen LogP contribution in [0.1, 0.15) is 16.8 Å². The Bertz CT molecular complexity index is 683. The number of hydrazine groups is 1. The molecule has 6 heteroatoms. The molecule has 1 aromatic rings. The summed E-state index contributed by atoms with van der Waals surface area (Å²) in [6.45, 7) is 0. The Hall–Kier alpha value is -1.95. The third-order valence-electron chi connectivity index (χ3n) is 4.79. The third kappa shape index (κ3) is 1.86. The second-order valence-electron chi connectivity index (χ2n) is 5.96. The maximum absolute atomic E-state index is 12.5. The second-order valence-corrected chi connectivity index (χ2v) is 6.88. The molecule has 2 aliphatic carbocycles. The molecule has 22 heavy (non-hydrogen) atoms. The van der Waals surface area contributed by atoms with Gasteiger partial charge >= 0.3 is 0 Å². The van der Waals surface area contributed by atoms with E-state index in [0.29, 0.717) is 5.56 Å². The molecular weight excluding hydrogens is 348 g/mol. The summed E-state index contributed by atoms with van der Waals surface area (Å²) in [5.74, 6) is -1.33. The van der Waals surface area contributed by atoms with Crippen LogP contribution >= 0.6 is 15.9 Å². The Morgan fingerprint density at radius 3 is 2.14 bits per heavy atom. The molecule has 3 aliphatic rings. The van der Waals surface area contributed by atoms with E-state index in [0.717, 1.165) is 15.9 Å². The molecule has 4 rings (SSSR count). The van der Waals surface area contributed by atoms with Crippen molar-refractivity contribution >= 4 is 33.7 Å². The molecule has 1 aromatic carbocycles. The van der Waals surface area contributed by atoms with E-state index in [2.05, 4.69) is 21.4 Å². The predicted molar refractivity (Wildman–Crippen MR) is 81.2 cm³/mol. The van der Waals surface area contributed by atoms with Gasteiger partial charge in [-0.25, -0.2) is 0 Å². The van der Waals surface area contributed by atoms with Gasteiger partial charge < -0.3 is 0 Å². The highest BCUT2D eigenvalue weighted by atomic mass is 79.9. The number of rotatable bonds is 2. The molecule has 3 amide bonds. The van der Waals surface area contributed by atoms with Crippen molar-refractivity contribution in [1.29, 1.82) is 0 Å². The van der Waals surface area contributed by atoms with Crippen LogP contribution in [0, 0.1) is 23.7 Å². The van der Waals surface area contributed by atoms with Gasteiger partial charge in [0, 0.05) is 10.0 Å². The normalized spacial score (nSPS) is 31.8. The third-order valence-corrected chi connectivity index (χ3v) is 5.32. The Morgan fingerprint density at radius 2 is 1.59 bits per heavy atom. The zero-order valence-corrected chi connectivity index (χ0v) is 13.1. The highest BCUT2D eigenvalue weighted by Gasteiger charge is 2.59. The summed E-state index contributed by atoms with van der Waals surface area (Å²) in [6.07, 6.45) is 4.93. The van der Waals surface area contributed by atoms with E-state index in [9.17, 15) is 14.4 Å². The fraction of sp³-hybridized carbons (Fsp3) is 0.312. The summed E-state index contributed by atoms with van der Waals surface area (Å²) in [5.41, 5.74) is 2.87. The van der Waals surface area contributed by atoms with Gasteiger partial charge in [-0.05, 0) is 42.5 Å². The monoisotopic (exact) mass is 360 g/mol. The molecule has 2 bridgehead atoms. The first-order chi connectivity index (χ1) is 10.6. The number of hydrogen-bond donors (Lipinski definition) is 1. The highest BCUT2D eigenvalue weighted by molar-refractivity contribution is 9.10. The van der Waals surface area contributed by atoms with Crippen molar-refractivity contribution in [3.8, 4) is 0 Å². The minimum absolute atomic E-state index is 0.140. The molecule has 1 N–H and O–H groups in total. The number of amides is 3. The minimum atomic E-state index is -0.450. The van der Waals surface area contributed by atoms with Crippen LogP contribution in [0.5, 0.6) is 0 Å². The molecule has 0 aromatic heterocycles. The Labute approximate surface area is 135 Å². The van der Waals surface area contributed by atoms with Gasteiger partial charge in [0.05, 0.1) is 11.8 Å². The summed E-state index contributed by atoms with van der Waals surface area (Å²) in [6, 6.07) is 6.75. The molecule has 4 atom stereocenters. The van der Waals surface area contributed by atoms with Gasteiger partial charge in [-0.1, -0.05) is 28.1 Å². The van der Waals surface area contributed by atoms with Gasteiger partial charge in [-0.15, -0.1) is 0 Å². The van der Waals surface area contributed by atoms with Crippen molar-refractivity contribution < 1.29 is 14.4 Å². The smallest absolute Gasteiger partial charge is 0.270 e. The molecule has 1 saturated carbocycles. The number of benzene rings is 1. The standard InChI is InChI=1S/C16H13BrN2O3/c17-11-5-3-8(4-6-11)14(20)18-19-15(21)12-9-1-2-10(7-9)13(12)16(19)22/h1-6,9-10,12-13H,7H2,(H,18,20)/t9-,10+,12-,13+. The van der Waals surface area contributed by atoms with Crippen molar-refractivity contribution in [2.75, 3.05) is 0 Å². The van der Waals surface area contributed by atoms with E-state index >= 15 is 0 Å². The largest absolute Gasteiger partial charge is 0.272 e. The van der Waals surface area contributed by atoms with E-state index in [1.165, 1.54) is 0 Å². The molecule has 0 radical (unpaired) electrons. The highest BCUT2D eigenvalue weighted by Crippen LogP contribution is 2.52. The summed E-state index contributed by atoms with van der Waals surface area (Å²) in [4.78, 5) is 37.1. The lowest BCUT2D eigenvalue weighted by molar-refractivity contribution is -0.143. The number of nitrogens with zero attached hydrogens (tertiary/aromatic N) is 1. The van der Waals surface area contributed by atoms with Crippen molar-refractivity contribution in [3.63, 3.8) is 0 Å². The molecule has 2 fully saturated rings. The average Bonchev–Trinajstić information content (AvgIpc) is 3.17. The van der Waals surface area contributed by atoms with E-state index in [-0.39, 0.29) is 35.5 Å². The van der Waals surface area contributed by atoms with Crippen LogP contribution in [0.2, 0.25) is 0 Å². The quantitative estimate of drug-likeness (QED) is 0.646. The van der Waals surface area contributed by atoms with Crippen LogP contribution in [0.3, 0.4) is 0 Å². The van der Waals surface area contributed by atoms with Crippen molar-refractivity contribution in [2.24, 2.45) is 23.7 Å². The van der Waals surface area contributed by atoms with Crippen LogP contribution in [0.25, 0.3) is 0 Å². The number of carbonyl (C=O) groups excluding carboxylic acids is 3. The average molecular weight is 361 g/mol. The number of fused-ring (bicyclic) bond motifs is 5. The molecule has 1 saturated heterocycles. The molecule has 5 nitrogen and oxygen atoms in total. The summed E-state index contributed by atoms with van der Waals surface area (Å²) in [5, 5.41) is 0.922. The molecular formula is C16H13BrN2O3. The first-order valence-corrected chi connectivity index (χ1v) is 7.98. The van der Waals surface area contributed by atoms with Crippen LogP contribution in [0.15, 0.2) is 40.9 Å². The minimum Gasteiger partial charge on any atom is -0.272 e. The SMILES string of the molecule is O=C(NN1C(=O)[C@@H]2[C@H](C1=O)[C@@H]1C=C[C@H]2C1)c1ccc(Br)cc1. The number of imide groups is 1. The Balaban J connectivity index is 1.54. The maximum Gasteiger partial charge on any atom is 0.270 e. The molecule has 0 unspecified atom stereocenters. The Kier molecular flexibility index (Phi) is 2.97. The maximum atomic E-state index is 12.5. The molecule has 112 valence electrons. The first kappa shape index (κ1) is 13.7. The van der Waals surface area contributed by atoms with Crippen LogP contribution in [-0.4, -0.2) is 22.7 Å². The van der Waals surface area contributed by atoms with Gasteiger partial charge in [0.15, 0.2) is 0 Å². The van der Waals surface area contributed by atoms with Crippen LogP contribution in [-0.2, 0) is 9.59 Å². The van der Waals surface area contributed by atoms with Crippen molar-refractivity contribution in [2.45, 2.75) is 6.42 Å². The molecule has 1 aliphatic heterocycles. The van der Waals surface area contributed by atoms with Gasteiger partial charge in [0.25, 0.3) is 17.7 Å². The van der Waals surface area contributed by atoms with Gasteiger partial charge in [0.1, 0.15) is 0 Å². The fourth-order valence-corrected chi connectivity index (χ4v) is 4.04. The number of hydrogen-bond acceptors (Lipinski definition) is 3. The van der Waals surface area contributed by atoms with E-state index in [1.54, 1.807) is 24.3 Å². The van der Waals surface area contributed by atoms with Gasteiger partial charge in [-0.3, -0.25) is 19.8 Å². The lowest BCUT2D eigenvalue weighted by atomic mass is 9.85. The van der Waals surface area contributed by atoms with Crippen molar-refractivity contribution in [1.82, 2.24) is 10.4 Å². The summed E-state index contributed by atoms with van der Waals surface area (Å²) < 4.78 is 0.856. The second kappa shape index (κ2) is 4.78. The van der Waals surface area contributed by atoms with Gasteiger partial charge in [-0.2, -0.15) is 5.01 Å². The van der Waals surface area contributed by atoms with Gasteiger partial charge in [0.2, 0.25) is 0 Å². The van der Waals surface area contributed by atoms with E-state index < -0.39 is 5.91 Å². The summed E-state index contributed by atoms with van der Waals surface area (Å²) >= 11 is 3.30. The Morgan fingerprint density at radius 1 is 1.05 bits per heavy atom. The first-order valence-electron chi connectivity index (χ1n) is 7.19. The predicted octanol–water partition coefficient (Wildman–Crippen LogP) is 1.90. The molecule has 1 heterocycles. The van der Waals surface area contributed by atoms with E-state index in [4.69, 9.17) is 0 Å². The lowest BCUT2D eigenvalue weighted by Gasteiger charge is -2.18. The fourth-order valence-electron chi connectivity index (χ4n) is 3.78. The zero-order chi connectivity index (χ0) is 15.4. The summed E-state index contributed by atoms with van der Waals surface area (Å²) in [7, 11) is 0. The topological polar surface area (TPSA) is 66.5 Å². The number of nitrogens with one attached hydrogen (secondary N) is 1. The van der Waals surface area contributed by atoms with Crippen molar-refractivity contribution in [3.05, 3.63) is 46.5 Å². The molecule has 0 spiro atoms. The van der Waals surface area contributed by atoms with E-state index in [1.807, 2.05) is 12.2 Å². The zero-order valence-electron chi connectivity index (χ0n) is 11.5. The number of carbonyl (C=O) groups is 3. The van der Waals surface area contributed by atoms with Crippen LogP contribution < -0.4 is 5.43 Å².